The van der Waals surface area contributed by atoms with Crippen LogP contribution in [0.25, 0.3) is 0 Å². The van der Waals surface area contributed by atoms with E-state index in [1.54, 1.807) is 0 Å². The van der Waals surface area contributed by atoms with Gasteiger partial charge in [-0.05, 0) is 23.8 Å². The van der Waals surface area contributed by atoms with Crippen molar-refractivity contribution < 1.29 is 14.6 Å². The van der Waals surface area contributed by atoms with Crippen LogP contribution in [0, 0.1) is 0 Å². The molecule has 88 valence electrons. The van der Waals surface area contributed by atoms with Crippen molar-refractivity contribution in [1.82, 2.24) is 0 Å². The molecule has 0 aliphatic rings. The van der Waals surface area contributed by atoms with Crippen molar-refractivity contribution in [1.29, 1.82) is 0 Å². The zero-order valence-electron chi connectivity index (χ0n) is 8.12. The van der Waals surface area contributed by atoms with Crippen LogP contribution in [0.1, 0.15) is 11.7 Å². The lowest BCUT2D eigenvalue weighted by Crippen LogP contribution is -2.16. The molecule has 0 fully saturated rings. The van der Waals surface area contributed by atoms with Gasteiger partial charge in [-0.25, -0.2) is 4.79 Å². The Bertz CT molecular complexity index is 361. The van der Waals surface area contributed by atoms with Crippen molar-refractivity contribution in [2.24, 2.45) is 0 Å². The number of carboxylic acids is 1. The van der Waals surface area contributed by atoms with Crippen LogP contribution in [0.5, 0.6) is 0 Å². The Kier molecular flexibility index (Phi) is 5.35. The highest BCUT2D eigenvalue weighted by Gasteiger charge is 2.21. The third-order valence-electron chi connectivity index (χ3n) is 1.77. The van der Waals surface area contributed by atoms with Gasteiger partial charge in [0.1, 0.15) is 0 Å². The van der Waals surface area contributed by atoms with E-state index in [0.29, 0.717) is 15.6 Å². The van der Waals surface area contributed by atoms with Crippen LogP contribution in [-0.4, -0.2) is 23.6 Å². The molecule has 3 nitrogen and oxygen atoms in total. The quantitative estimate of drug-likeness (QED) is 0.843. The first-order valence-electron chi connectivity index (χ1n) is 4.41. The molecule has 0 aliphatic heterocycles. The summed E-state index contributed by atoms with van der Waals surface area (Å²) < 4.78 is 5.10. The van der Waals surface area contributed by atoms with Crippen molar-refractivity contribution in [3.05, 3.63) is 33.8 Å². The van der Waals surface area contributed by atoms with Crippen molar-refractivity contribution in [2.75, 3.05) is 12.5 Å². The molecule has 1 unspecified atom stereocenters. The van der Waals surface area contributed by atoms with Crippen molar-refractivity contribution in [3.63, 3.8) is 0 Å². The van der Waals surface area contributed by atoms with Gasteiger partial charge in [0.25, 0.3) is 0 Å². The molecule has 1 rings (SSSR count). The third kappa shape index (κ3) is 3.83. The largest absolute Gasteiger partial charge is 0.479 e. The second-order valence-corrected chi connectivity index (χ2v) is 4.23. The summed E-state index contributed by atoms with van der Waals surface area (Å²) in [6.07, 6.45) is -1.10. The maximum atomic E-state index is 11.0. The molecular formula is C10H9Cl3O3. The van der Waals surface area contributed by atoms with Gasteiger partial charge in [-0.1, -0.05) is 23.2 Å². The molecule has 0 aromatic heterocycles. The molecule has 0 heterocycles. The third-order valence-corrected chi connectivity index (χ3v) is 2.36. The Morgan fingerprint density at radius 2 is 1.88 bits per heavy atom. The molecule has 0 bridgehead atoms. The molecule has 6 heteroatoms. The molecule has 1 atom stereocenters. The lowest BCUT2D eigenvalue weighted by atomic mass is 10.1. The number of hydrogen-bond acceptors (Lipinski definition) is 2. The topological polar surface area (TPSA) is 46.5 Å². The SMILES string of the molecule is O=C(O)C(OCCCl)c1cc(Cl)cc(Cl)c1. The average Bonchev–Trinajstić information content (AvgIpc) is 2.16. The molecule has 0 saturated heterocycles. The van der Waals surface area contributed by atoms with Crippen molar-refractivity contribution in [2.45, 2.75) is 6.10 Å². The summed E-state index contributed by atoms with van der Waals surface area (Å²) in [4.78, 5) is 11.0. The van der Waals surface area contributed by atoms with Gasteiger partial charge in [-0.3, -0.25) is 0 Å². The minimum atomic E-state index is -1.11. The summed E-state index contributed by atoms with van der Waals surface area (Å²) in [6.45, 7) is 0.142. The van der Waals surface area contributed by atoms with E-state index in [1.807, 2.05) is 0 Å². The first kappa shape index (κ1) is 13.6. The number of hydrogen-bond donors (Lipinski definition) is 1. The normalized spacial score (nSPS) is 12.4. The highest BCUT2D eigenvalue weighted by Crippen LogP contribution is 2.25. The first-order valence-corrected chi connectivity index (χ1v) is 5.70. The summed E-state index contributed by atoms with van der Waals surface area (Å²) in [5, 5.41) is 9.71. The molecule has 1 N–H and O–H groups in total. The number of carbonyl (C=O) groups is 1. The highest BCUT2D eigenvalue weighted by atomic mass is 35.5. The number of halogens is 3. The van der Waals surface area contributed by atoms with E-state index >= 15 is 0 Å². The first-order chi connectivity index (χ1) is 7.54. The standard InChI is InChI=1S/C10H9Cl3O3/c11-1-2-16-9(10(14)15)6-3-7(12)5-8(13)4-6/h3-5,9H,1-2H2,(H,14,15). The Labute approximate surface area is 108 Å². The smallest absolute Gasteiger partial charge is 0.337 e. The van der Waals surface area contributed by atoms with Gasteiger partial charge >= 0.3 is 5.97 Å². The van der Waals surface area contributed by atoms with Gasteiger partial charge in [0, 0.05) is 15.9 Å². The van der Waals surface area contributed by atoms with E-state index in [1.165, 1.54) is 18.2 Å². The Balaban J connectivity index is 2.96. The van der Waals surface area contributed by atoms with Crippen LogP contribution in [0.15, 0.2) is 18.2 Å². The Morgan fingerprint density at radius 1 is 1.31 bits per heavy atom. The number of benzene rings is 1. The number of alkyl halides is 1. The van der Waals surface area contributed by atoms with Crippen LogP contribution < -0.4 is 0 Å². The monoisotopic (exact) mass is 282 g/mol. The zero-order chi connectivity index (χ0) is 12.1. The molecule has 0 amide bonds. The Morgan fingerprint density at radius 3 is 2.31 bits per heavy atom. The maximum Gasteiger partial charge on any atom is 0.337 e. The van der Waals surface area contributed by atoms with E-state index in [9.17, 15) is 4.79 Å². The predicted octanol–water partition coefficient (Wildman–Crippen LogP) is 3.37. The molecule has 0 radical (unpaired) electrons. The van der Waals surface area contributed by atoms with E-state index in [0.717, 1.165) is 0 Å². The minimum absolute atomic E-state index is 0.142. The lowest BCUT2D eigenvalue weighted by molar-refractivity contribution is -0.150. The van der Waals surface area contributed by atoms with E-state index in [2.05, 4.69) is 0 Å². The molecule has 0 saturated carbocycles. The average molecular weight is 284 g/mol. The molecule has 16 heavy (non-hydrogen) atoms. The van der Waals surface area contributed by atoms with Crippen LogP contribution in [-0.2, 0) is 9.53 Å². The van der Waals surface area contributed by atoms with Gasteiger partial charge in [0.15, 0.2) is 6.10 Å². The van der Waals surface area contributed by atoms with Gasteiger partial charge in [0.2, 0.25) is 0 Å². The summed E-state index contributed by atoms with van der Waals surface area (Å²) in [7, 11) is 0. The summed E-state index contributed by atoms with van der Waals surface area (Å²) in [5.41, 5.74) is 0.398. The van der Waals surface area contributed by atoms with Crippen LogP contribution in [0.4, 0.5) is 0 Å². The number of ether oxygens (including phenoxy) is 1. The predicted molar refractivity (Wildman–Crippen MR) is 63.5 cm³/mol. The van der Waals surface area contributed by atoms with E-state index in [-0.39, 0.29) is 12.5 Å². The summed E-state index contributed by atoms with van der Waals surface area (Å²) in [6, 6.07) is 4.52. The van der Waals surface area contributed by atoms with E-state index in [4.69, 9.17) is 44.6 Å². The van der Waals surface area contributed by atoms with E-state index < -0.39 is 12.1 Å². The fraction of sp³-hybridized carbons (Fsp3) is 0.300. The van der Waals surface area contributed by atoms with Crippen molar-refractivity contribution in [3.8, 4) is 0 Å². The highest BCUT2D eigenvalue weighted by molar-refractivity contribution is 6.34. The fourth-order valence-electron chi connectivity index (χ4n) is 1.20. The van der Waals surface area contributed by atoms with Crippen LogP contribution in [0.2, 0.25) is 10.0 Å². The lowest BCUT2D eigenvalue weighted by Gasteiger charge is -2.13. The molecule has 0 aliphatic carbocycles. The molecule has 1 aromatic carbocycles. The number of carboxylic acid groups (broad SMARTS) is 1. The van der Waals surface area contributed by atoms with Crippen LogP contribution >= 0.6 is 34.8 Å². The van der Waals surface area contributed by atoms with Gasteiger partial charge in [-0.2, -0.15) is 0 Å². The minimum Gasteiger partial charge on any atom is -0.479 e. The fourth-order valence-corrected chi connectivity index (χ4v) is 1.83. The Hall–Kier alpha value is -0.480. The zero-order valence-corrected chi connectivity index (χ0v) is 10.4. The summed E-state index contributed by atoms with van der Waals surface area (Å²) in [5.74, 6) is -0.888. The van der Waals surface area contributed by atoms with Crippen molar-refractivity contribution >= 4 is 40.8 Å². The summed E-state index contributed by atoms with van der Waals surface area (Å²) >= 11 is 17.0. The number of rotatable bonds is 5. The molecule has 0 spiro atoms. The second-order valence-electron chi connectivity index (χ2n) is 2.98. The molecular weight excluding hydrogens is 274 g/mol. The van der Waals surface area contributed by atoms with Gasteiger partial charge in [-0.15, -0.1) is 11.6 Å². The van der Waals surface area contributed by atoms with Crippen LogP contribution in [0.3, 0.4) is 0 Å². The van der Waals surface area contributed by atoms with Gasteiger partial charge in [0.05, 0.1) is 6.61 Å². The maximum absolute atomic E-state index is 11.0. The van der Waals surface area contributed by atoms with Gasteiger partial charge < -0.3 is 9.84 Å². The molecule has 1 aromatic rings. The number of aliphatic carboxylic acids is 1. The second kappa shape index (κ2) is 6.30.